The van der Waals surface area contributed by atoms with Gasteiger partial charge in [0.25, 0.3) is 0 Å². The van der Waals surface area contributed by atoms with Crippen LogP contribution in [0.3, 0.4) is 0 Å². The molecule has 2 aromatic heterocycles. The topological polar surface area (TPSA) is 60.2 Å². The van der Waals surface area contributed by atoms with Crippen molar-refractivity contribution in [2.24, 2.45) is 5.73 Å². The van der Waals surface area contributed by atoms with Gasteiger partial charge in [0, 0.05) is 31.5 Å². The molecule has 3 heterocycles. The number of aromatic nitrogens is 2. The van der Waals surface area contributed by atoms with E-state index in [9.17, 15) is 0 Å². The lowest BCUT2D eigenvalue weighted by Crippen LogP contribution is -2.43. The highest BCUT2D eigenvalue weighted by atomic mass is 16.3. The first-order chi connectivity index (χ1) is 8.75. The fourth-order valence-corrected chi connectivity index (χ4v) is 2.66. The van der Waals surface area contributed by atoms with Gasteiger partial charge in [0.1, 0.15) is 11.6 Å². The summed E-state index contributed by atoms with van der Waals surface area (Å²) in [6.07, 6.45) is 5.59. The third-order valence-electron chi connectivity index (χ3n) is 3.50. The second-order valence-electron chi connectivity index (χ2n) is 4.83. The van der Waals surface area contributed by atoms with Crippen LogP contribution in [-0.4, -0.2) is 27.0 Å². The monoisotopic (exact) mass is 246 g/mol. The van der Waals surface area contributed by atoms with Crippen molar-refractivity contribution in [2.45, 2.75) is 32.1 Å². The molecule has 0 bridgehead atoms. The number of imidazole rings is 1. The number of nitrogens with zero attached hydrogens (tertiary/aromatic N) is 3. The van der Waals surface area contributed by atoms with Gasteiger partial charge in [0.2, 0.25) is 0 Å². The molecule has 0 aromatic carbocycles. The van der Waals surface area contributed by atoms with Gasteiger partial charge in [0.15, 0.2) is 0 Å². The summed E-state index contributed by atoms with van der Waals surface area (Å²) in [4.78, 5) is 6.72. The van der Waals surface area contributed by atoms with Crippen molar-refractivity contribution in [1.82, 2.24) is 14.5 Å². The summed E-state index contributed by atoms with van der Waals surface area (Å²) in [6, 6.07) is 4.05. The summed E-state index contributed by atoms with van der Waals surface area (Å²) in [5.41, 5.74) is 6.13. The lowest BCUT2D eigenvalue weighted by Gasteiger charge is -2.35. The summed E-state index contributed by atoms with van der Waals surface area (Å²) in [5, 5.41) is 0. The number of furan rings is 1. The van der Waals surface area contributed by atoms with Crippen LogP contribution in [0.25, 0.3) is 0 Å². The summed E-state index contributed by atoms with van der Waals surface area (Å²) < 4.78 is 7.72. The second kappa shape index (κ2) is 4.59. The molecule has 1 aliphatic heterocycles. The van der Waals surface area contributed by atoms with Gasteiger partial charge in [-0.3, -0.25) is 4.90 Å². The van der Waals surface area contributed by atoms with E-state index in [0.717, 1.165) is 31.2 Å². The molecule has 2 aromatic rings. The molecule has 2 N–H and O–H groups in total. The van der Waals surface area contributed by atoms with Crippen molar-refractivity contribution in [3.8, 4) is 0 Å². The zero-order valence-corrected chi connectivity index (χ0v) is 10.5. The molecule has 18 heavy (non-hydrogen) atoms. The molecular formula is C13H18N4O. The number of hydrogen-bond acceptors (Lipinski definition) is 4. The highest BCUT2D eigenvalue weighted by Gasteiger charge is 2.29. The molecule has 0 saturated carbocycles. The second-order valence-corrected chi connectivity index (χ2v) is 4.83. The first-order valence-corrected chi connectivity index (χ1v) is 6.29. The Morgan fingerprint density at radius 1 is 1.44 bits per heavy atom. The van der Waals surface area contributed by atoms with Crippen molar-refractivity contribution < 1.29 is 4.42 Å². The maximum Gasteiger partial charge on any atom is 0.122 e. The summed E-state index contributed by atoms with van der Waals surface area (Å²) in [7, 11) is 0. The third kappa shape index (κ3) is 1.95. The quantitative estimate of drug-likeness (QED) is 0.888. The molecule has 96 valence electrons. The van der Waals surface area contributed by atoms with Crippen LogP contribution in [0.2, 0.25) is 0 Å². The zero-order chi connectivity index (χ0) is 12.5. The van der Waals surface area contributed by atoms with Crippen molar-refractivity contribution in [2.75, 3.05) is 6.54 Å². The van der Waals surface area contributed by atoms with E-state index < -0.39 is 0 Å². The lowest BCUT2D eigenvalue weighted by molar-refractivity contribution is 0.119. The van der Waals surface area contributed by atoms with E-state index >= 15 is 0 Å². The van der Waals surface area contributed by atoms with Gasteiger partial charge in [-0.05, 0) is 19.1 Å². The highest BCUT2D eigenvalue weighted by Crippen LogP contribution is 2.27. The fourth-order valence-electron chi connectivity index (χ4n) is 2.66. The minimum atomic E-state index is 0.0256. The normalized spacial score (nSPS) is 19.4. The van der Waals surface area contributed by atoms with E-state index in [1.54, 1.807) is 6.26 Å². The van der Waals surface area contributed by atoms with Crippen LogP contribution in [-0.2, 0) is 13.1 Å². The Balaban J connectivity index is 1.85. The molecule has 2 unspecified atom stereocenters. The van der Waals surface area contributed by atoms with Crippen LogP contribution < -0.4 is 5.73 Å². The lowest BCUT2D eigenvalue weighted by atomic mass is 10.1. The highest BCUT2D eigenvalue weighted by molar-refractivity contribution is 5.09. The molecule has 3 rings (SSSR count). The Labute approximate surface area is 106 Å². The van der Waals surface area contributed by atoms with Gasteiger partial charge in [0.05, 0.1) is 18.8 Å². The zero-order valence-electron chi connectivity index (χ0n) is 10.5. The molecule has 0 spiro atoms. The molecule has 5 heteroatoms. The van der Waals surface area contributed by atoms with Gasteiger partial charge in [-0.25, -0.2) is 4.98 Å². The predicted molar refractivity (Wildman–Crippen MR) is 67.7 cm³/mol. The molecule has 2 atom stereocenters. The molecular weight excluding hydrogens is 228 g/mol. The number of rotatable bonds is 3. The van der Waals surface area contributed by atoms with Crippen LogP contribution in [0.15, 0.2) is 35.2 Å². The average molecular weight is 246 g/mol. The van der Waals surface area contributed by atoms with Crippen molar-refractivity contribution >= 4 is 0 Å². The maximum atomic E-state index is 6.13. The standard InChI is InChI=1S/C13H18N4O/c1-10(14)13(11-3-2-8-18-11)17-7-6-16-5-4-15-12(16)9-17/h2-5,8,10,13H,6-7,9,14H2,1H3. The van der Waals surface area contributed by atoms with Gasteiger partial charge in [-0.1, -0.05) is 0 Å². The van der Waals surface area contributed by atoms with Gasteiger partial charge in [-0.15, -0.1) is 0 Å². The minimum Gasteiger partial charge on any atom is -0.468 e. The van der Waals surface area contributed by atoms with Crippen LogP contribution in [0.4, 0.5) is 0 Å². The molecule has 0 radical (unpaired) electrons. The van der Waals surface area contributed by atoms with Crippen LogP contribution in [0.5, 0.6) is 0 Å². The Morgan fingerprint density at radius 3 is 3.06 bits per heavy atom. The predicted octanol–water partition coefficient (Wildman–Crippen LogP) is 1.38. The molecule has 0 saturated heterocycles. The van der Waals surface area contributed by atoms with Crippen molar-refractivity contribution in [3.05, 3.63) is 42.4 Å². The largest absolute Gasteiger partial charge is 0.468 e. The van der Waals surface area contributed by atoms with Gasteiger partial charge < -0.3 is 14.7 Å². The Morgan fingerprint density at radius 2 is 2.33 bits per heavy atom. The van der Waals surface area contributed by atoms with Crippen molar-refractivity contribution in [1.29, 1.82) is 0 Å². The smallest absolute Gasteiger partial charge is 0.122 e. The summed E-state index contributed by atoms with van der Waals surface area (Å²) in [6.45, 7) is 4.77. The van der Waals surface area contributed by atoms with Crippen LogP contribution in [0.1, 0.15) is 24.6 Å². The van der Waals surface area contributed by atoms with Crippen LogP contribution in [0, 0.1) is 0 Å². The average Bonchev–Trinajstić information content (AvgIpc) is 2.98. The molecule has 5 nitrogen and oxygen atoms in total. The number of hydrogen-bond donors (Lipinski definition) is 1. The van der Waals surface area contributed by atoms with Gasteiger partial charge in [-0.2, -0.15) is 0 Å². The molecule has 0 amide bonds. The Bertz CT molecular complexity index is 503. The fraction of sp³-hybridized carbons (Fsp3) is 0.462. The van der Waals surface area contributed by atoms with E-state index in [1.807, 2.05) is 31.5 Å². The Hall–Kier alpha value is -1.59. The SMILES string of the molecule is CC(N)C(c1ccco1)N1CCn2ccnc2C1. The van der Waals surface area contributed by atoms with E-state index in [1.165, 1.54) is 0 Å². The summed E-state index contributed by atoms with van der Waals surface area (Å²) >= 11 is 0. The van der Waals surface area contributed by atoms with Crippen LogP contribution >= 0.6 is 0 Å². The Kier molecular flexibility index (Phi) is 2.93. The van der Waals surface area contributed by atoms with E-state index in [-0.39, 0.29) is 12.1 Å². The summed E-state index contributed by atoms with van der Waals surface area (Å²) in [5.74, 6) is 2.03. The first-order valence-electron chi connectivity index (χ1n) is 6.29. The van der Waals surface area contributed by atoms with Gasteiger partial charge >= 0.3 is 0 Å². The van der Waals surface area contributed by atoms with E-state index in [2.05, 4.69) is 14.5 Å². The number of nitrogens with two attached hydrogens (primary N) is 1. The molecule has 0 fully saturated rings. The molecule has 1 aliphatic rings. The third-order valence-corrected chi connectivity index (χ3v) is 3.50. The van der Waals surface area contributed by atoms with E-state index in [4.69, 9.17) is 10.2 Å². The first kappa shape index (κ1) is 11.5. The van der Waals surface area contributed by atoms with E-state index in [0.29, 0.717) is 0 Å². The maximum absolute atomic E-state index is 6.13. The van der Waals surface area contributed by atoms with Crippen molar-refractivity contribution in [3.63, 3.8) is 0 Å². The minimum absolute atomic E-state index is 0.0256. The molecule has 0 aliphatic carbocycles. The number of fused-ring (bicyclic) bond motifs is 1.